The summed E-state index contributed by atoms with van der Waals surface area (Å²) in [6.07, 6.45) is 2.58. The molecule has 0 radical (unpaired) electrons. The molecule has 14 heavy (non-hydrogen) atoms. The first-order valence-corrected chi connectivity index (χ1v) is 5.93. The molecule has 0 spiro atoms. The quantitative estimate of drug-likeness (QED) is 0.778. The van der Waals surface area contributed by atoms with Crippen LogP contribution in [0.3, 0.4) is 0 Å². The molecule has 1 atom stereocenters. The summed E-state index contributed by atoms with van der Waals surface area (Å²) in [7, 11) is -4.04. The average molecular weight is 215 g/mol. The van der Waals surface area contributed by atoms with Gasteiger partial charge in [-0.15, -0.1) is 0 Å². The summed E-state index contributed by atoms with van der Waals surface area (Å²) in [5.41, 5.74) is 0.400. The fourth-order valence-corrected chi connectivity index (χ4v) is 2.26. The summed E-state index contributed by atoms with van der Waals surface area (Å²) >= 11 is 0. The van der Waals surface area contributed by atoms with Gasteiger partial charge in [0.15, 0.2) is 0 Å². The van der Waals surface area contributed by atoms with Crippen LogP contribution in [-0.4, -0.2) is 18.0 Å². The summed E-state index contributed by atoms with van der Waals surface area (Å²) in [6, 6.07) is 5.01. The molecule has 0 aliphatic carbocycles. The van der Waals surface area contributed by atoms with E-state index in [1.54, 1.807) is 18.2 Å². The van der Waals surface area contributed by atoms with E-state index in [0.29, 0.717) is 18.5 Å². The van der Waals surface area contributed by atoms with Crippen molar-refractivity contribution in [1.29, 1.82) is 0 Å². The molecule has 0 aromatic carbocycles. The van der Waals surface area contributed by atoms with Crippen molar-refractivity contribution >= 4 is 10.1 Å². The van der Waals surface area contributed by atoms with Gasteiger partial charge in [0.2, 0.25) is 0 Å². The first kappa shape index (κ1) is 11.1. The van der Waals surface area contributed by atoms with Gasteiger partial charge >= 0.3 is 0 Å². The molecule has 4 nitrogen and oxygen atoms in total. The van der Waals surface area contributed by atoms with E-state index in [1.165, 1.54) is 6.20 Å². The Labute approximate surface area is 83.7 Å². The molecule has 1 aromatic heterocycles. The van der Waals surface area contributed by atoms with Crippen LogP contribution in [0.15, 0.2) is 24.4 Å². The van der Waals surface area contributed by atoms with Gasteiger partial charge in [0.1, 0.15) is 5.25 Å². The third-order valence-corrected chi connectivity index (χ3v) is 3.12. The Balaban J connectivity index is 3.02. The molecule has 0 amide bonds. The van der Waals surface area contributed by atoms with Crippen LogP contribution < -0.4 is 0 Å². The Morgan fingerprint density at radius 3 is 2.64 bits per heavy atom. The smallest absolute Gasteiger partial charge is 0.273 e. The van der Waals surface area contributed by atoms with E-state index in [0.717, 1.165) is 0 Å². The predicted octanol–water partition coefficient (Wildman–Crippen LogP) is 1.81. The Morgan fingerprint density at radius 2 is 2.21 bits per heavy atom. The highest BCUT2D eigenvalue weighted by molar-refractivity contribution is 7.86. The van der Waals surface area contributed by atoms with E-state index >= 15 is 0 Å². The number of hydrogen-bond acceptors (Lipinski definition) is 3. The van der Waals surface area contributed by atoms with Crippen LogP contribution in [0.4, 0.5) is 0 Å². The van der Waals surface area contributed by atoms with E-state index in [2.05, 4.69) is 4.98 Å². The molecule has 1 aromatic rings. The third-order valence-electron chi connectivity index (χ3n) is 1.93. The van der Waals surface area contributed by atoms with Gasteiger partial charge in [-0.3, -0.25) is 9.54 Å². The second-order valence-electron chi connectivity index (χ2n) is 3.05. The van der Waals surface area contributed by atoms with Crippen molar-refractivity contribution in [3.05, 3.63) is 30.1 Å². The van der Waals surface area contributed by atoms with Crippen LogP contribution in [0, 0.1) is 0 Å². The lowest BCUT2D eigenvalue weighted by Gasteiger charge is -2.11. The number of aromatic nitrogens is 1. The minimum atomic E-state index is -4.04. The molecule has 1 heterocycles. The van der Waals surface area contributed by atoms with E-state index in [9.17, 15) is 8.42 Å². The zero-order chi connectivity index (χ0) is 10.6. The van der Waals surface area contributed by atoms with E-state index in [1.807, 2.05) is 6.92 Å². The molecule has 0 fully saturated rings. The molecular weight excluding hydrogens is 202 g/mol. The highest BCUT2D eigenvalue weighted by atomic mass is 32.2. The summed E-state index contributed by atoms with van der Waals surface area (Å²) < 4.78 is 31.1. The highest BCUT2D eigenvalue weighted by Crippen LogP contribution is 2.24. The number of nitrogens with zero attached hydrogens (tertiary/aromatic N) is 1. The molecule has 0 saturated carbocycles. The number of hydrogen-bond donors (Lipinski definition) is 1. The monoisotopic (exact) mass is 215 g/mol. The summed E-state index contributed by atoms with van der Waals surface area (Å²) in [6.45, 7) is 1.86. The van der Waals surface area contributed by atoms with Crippen molar-refractivity contribution in [2.24, 2.45) is 0 Å². The maximum absolute atomic E-state index is 11.0. The van der Waals surface area contributed by atoms with Gasteiger partial charge in [-0.2, -0.15) is 8.42 Å². The van der Waals surface area contributed by atoms with Crippen molar-refractivity contribution in [3.63, 3.8) is 0 Å². The maximum atomic E-state index is 11.0. The zero-order valence-corrected chi connectivity index (χ0v) is 8.74. The van der Waals surface area contributed by atoms with Gasteiger partial charge in [-0.25, -0.2) is 0 Å². The van der Waals surface area contributed by atoms with Crippen LogP contribution in [-0.2, 0) is 10.1 Å². The predicted molar refractivity (Wildman–Crippen MR) is 53.4 cm³/mol. The molecular formula is C9H13NO3S. The Morgan fingerprint density at radius 1 is 1.50 bits per heavy atom. The minimum absolute atomic E-state index is 0.385. The Hall–Kier alpha value is -0.940. The number of rotatable bonds is 4. The van der Waals surface area contributed by atoms with Crippen molar-refractivity contribution < 1.29 is 13.0 Å². The van der Waals surface area contributed by atoms with Gasteiger partial charge in [0.05, 0.1) is 5.69 Å². The van der Waals surface area contributed by atoms with Gasteiger partial charge < -0.3 is 0 Å². The van der Waals surface area contributed by atoms with Gasteiger partial charge in [-0.1, -0.05) is 19.4 Å². The van der Waals surface area contributed by atoms with Crippen LogP contribution in [0.1, 0.15) is 30.7 Å². The van der Waals surface area contributed by atoms with Gasteiger partial charge in [0.25, 0.3) is 10.1 Å². The Kier molecular flexibility index (Phi) is 3.60. The molecule has 5 heteroatoms. The van der Waals surface area contributed by atoms with Crippen LogP contribution in [0.25, 0.3) is 0 Å². The highest BCUT2D eigenvalue weighted by Gasteiger charge is 2.24. The summed E-state index contributed by atoms with van der Waals surface area (Å²) in [5.74, 6) is 0. The fourth-order valence-electron chi connectivity index (χ4n) is 1.28. The molecule has 0 saturated heterocycles. The topological polar surface area (TPSA) is 67.3 Å². The van der Waals surface area contributed by atoms with Crippen molar-refractivity contribution in [2.45, 2.75) is 25.0 Å². The van der Waals surface area contributed by atoms with Crippen molar-refractivity contribution in [2.75, 3.05) is 0 Å². The lowest BCUT2D eigenvalue weighted by molar-refractivity contribution is 0.461. The largest absolute Gasteiger partial charge is 0.285 e. The Bertz CT molecular complexity index is 374. The van der Waals surface area contributed by atoms with Crippen LogP contribution in [0.2, 0.25) is 0 Å². The standard InChI is InChI=1S/C9H13NO3S/c1-2-5-9(14(11,12)13)8-6-3-4-7-10-8/h3-4,6-7,9H,2,5H2,1H3,(H,11,12,13). The number of pyridine rings is 1. The van der Waals surface area contributed by atoms with E-state index < -0.39 is 15.4 Å². The summed E-state index contributed by atoms with van der Waals surface area (Å²) in [5, 5.41) is -0.895. The maximum Gasteiger partial charge on any atom is 0.273 e. The fraction of sp³-hybridized carbons (Fsp3) is 0.444. The first-order valence-electron chi connectivity index (χ1n) is 4.43. The molecule has 0 aliphatic heterocycles. The lowest BCUT2D eigenvalue weighted by atomic mass is 10.2. The zero-order valence-electron chi connectivity index (χ0n) is 7.92. The second kappa shape index (κ2) is 4.52. The minimum Gasteiger partial charge on any atom is -0.285 e. The van der Waals surface area contributed by atoms with Crippen LogP contribution in [0.5, 0.6) is 0 Å². The molecule has 1 N–H and O–H groups in total. The lowest BCUT2D eigenvalue weighted by Crippen LogP contribution is -2.13. The molecule has 0 aliphatic rings. The van der Waals surface area contributed by atoms with Crippen LogP contribution >= 0.6 is 0 Å². The third kappa shape index (κ3) is 2.78. The second-order valence-corrected chi connectivity index (χ2v) is 4.65. The molecule has 1 rings (SSSR count). The SMILES string of the molecule is CCCC(c1ccccn1)S(=O)(=O)O. The van der Waals surface area contributed by atoms with E-state index in [4.69, 9.17) is 4.55 Å². The van der Waals surface area contributed by atoms with Gasteiger partial charge in [0, 0.05) is 6.20 Å². The van der Waals surface area contributed by atoms with Crippen molar-refractivity contribution in [3.8, 4) is 0 Å². The van der Waals surface area contributed by atoms with Crippen molar-refractivity contribution in [1.82, 2.24) is 4.98 Å². The average Bonchev–Trinajstić information content (AvgIpc) is 2.14. The first-order chi connectivity index (χ1) is 6.55. The normalized spacial score (nSPS) is 13.9. The summed E-state index contributed by atoms with van der Waals surface area (Å²) in [4.78, 5) is 3.92. The van der Waals surface area contributed by atoms with E-state index in [-0.39, 0.29) is 0 Å². The molecule has 1 unspecified atom stereocenters. The molecule has 78 valence electrons. The van der Waals surface area contributed by atoms with Gasteiger partial charge in [-0.05, 0) is 18.6 Å². The molecule has 0 bridgehead atoms.